The fraction of sp³-hybridized carbons (Fsp3) is 0.167. The number of aryl methyl sites for hydroxylation is 1. The normalized spacial score (nSPS) is 10.1. The van der Waals surface area contributed by atoms with Crippen LogP contribution in [0.2, 0.25) is 0 Å². The van der Waals surface area contributed by atoms with E-state index in [2.05, 4.69) is 18.4 Å². The molecule has 0 amide bonds. The zero-order chi connectivity index (χ0) is 9.80. The third-order valence-corrected chi connectivity index (χ3v) is 2.94. The minimum Gasteiger partial charge on any atom is -0.488 e. The quantitative estimate of drug-likeness (QED) is 0.741. The van der Waals surface area contributed by atoms with E-state index in [1.54, 1.807) is 11.3 Å². The van der Waals surface area contributed by atoms with Gasteiger partial charge in [-0.1, -0.05) is 18.2 Å². The zero-order valence-electron chi connectivity index (χ0n) is 8.07. The summed E-state index contributed by atoms with van der Waals surface area (Å²) in [5.74, 6) is 0.929. The second-order valence-corrected chi connectivity index (χ2v) is 4.19. The van der Waals surface area contributed by atoms with Gasteiger partial charge in [-0.05, 0) is 36.1 Å². The summed E-state index contributed by atoms with van der Waals surface area (Å²) in [6, 6.07) is 12.1. The molecule has 0 aliphatic carbocycles. The van der Waals surface area contributed by atoms with E-state index in [4.69, 9.17) is 4.74 Å². The molecule has 0 saturated carbocycles. The van der Waals surface area contributed by atoms with Crippen LogP contribution in [0.5, 0.6) is 5.75 Å². The van der Waals surface area contributed by atoms with Gasteiger partial charge in [-0.2, -0.15) is 0 Å². The van der Waals surface area contributed by atoms with Crippen LogP contribution in [0, 0.1) is 6.92 Å². The molecule has 0 unspecified atom stereocenters. The zero-order valence-corrected chi connectivity index (χ0v) is 8.88. The molecule has 1 heterocycles. The van der Waals surface area contributed by atoms with E-state index in [9.17, 15) is 0 Å². The van der Waals surface area contributed by atoms with Gasteiger partial charge in [0.1, 0.15) is 12.4 Å². The summed E-state index contributed by atoms with van der Waals surface area (Å²) in [4.78, 5) is 1.27. The summed E-state index contributed by atoms with van der Waals surface area (Å²) in [6.45, 7) is 2.77. The first-order chi connectivity index (χ1) is 6.84. The molecule has 1 aromatic heterocycles. The molecule has 72 valence electrons. The Morgan fingerprint density at radius 2 is 2.00 bits per heavy atom. The van der Waals surface area contributed by atoms with Crippen LogP contribution in [-0.4, -0.2) is 0 Å². The van der Waals surface area contributed by atoms with Gasteiger partial charge in [0.25, 0.3) is 0 Å². The first-order valence-corrected chi connectivity index (χ1v) is 5.44. The molecule has 0 aliphatic rings. The molecule has 0 bridgehead atoms. The Labute approximate surface area is 88.0 Å². The van der Waals surface area contributed by atoms with Gasteiger partial charge in [0.2, 0.25) is 0 Å². The molecule has 0 atom stereocenters. The number of para-hydroxylation sites is 1. The molecule has 0 radical (unpaired) electrons. The Bertz CT molecular complexity index is 392. The average Bonchev–Trinajstić information content (AvgIpc) is 2.63. The van der Waals surface area contributed by atoms with E-state index < -0.39 is 0 Å². The van der Waals surface area contributed by atoms with E-state index in [1.807, 2.05) is 30.3 Å². The van der Waals surface area contributed by atoms with Crippen molar-refractivity contribution in [1.29, 1.82) is 0 Å². The van der Waals surface area contributed by atoms with Gasteiger partial charge >= 0.3 is 0 Å². The topological polar surface area (TPSA) is 9.23 Å². The van der Waals surface area contributed by atoms with Gasteiger partial charge in [-0.25, -0.2) is 0 Å². The number of ether oxygens (including phenoxy) is 1. The van der Waals surface area contributed by atoms with E-state index in [0.29, 0.717) is 6.61 Å². The molecule has 2 rings (SSSR count). The van der Waals surface area contributed by atoms with Crippen LogP contribution in [0.25, 0.3) is 0 Å². The molecular weight excluding hydrogens is 192 g/mol. The number of benzene rings is 1. The van der Waals surface area contributed by atoms with Gasteiger partial charge < -0.3 is 4.74 Å². The van der Waals surface area contributed by atoms with Crippen LogP contribution < -0.4 is 4.74 Å². The second-order valence-electron chi connectivity index (χ2n) is 3.19. The number of rotatable bonds is 3. The lowest BCUT2D eigenvalue weighted by Crippen LogP contribution is -1.91. The molecule has 0 N–H and O–H groups in total. The van der Waals surface area contributed by atoms with Crippen LogP contribution in [0.3, 0.4) is 0 Å². The highest BCUT2D eigenvalue weighted by Gasteiger charge is 1.97. The van der Waals surface area contributed by atoms with Crippen molar-refractivity contribution in [2.45, 2.75) is 13.5 Å². The molecule has 2 aromatic rings. The molecule has 0 saturated heterocycles. The van der Waals surface area contributed by atoms with Gasteiger partial charge in [-0.3, -0.25) is 0 Å². The van der Waals surface area contributed by atoms with Crippen molar-refractivity contribution >= 4 is 11.3 Å². The van der Waals surface area contributed by atoms with E-state index in [-0.39, 0.29) is 0 Å². The molecule has 14 heavy (non-hydrogen) atoms. The maximum absolute atomic E-state index is 5.62. The SMILES string of the molecule is Cc1csc(COc2ccccc2)c1. The smallest absolute Gasteiger partial charge is 0.122 e. The predicted octanol–water partition coefficient (Wildman–Crippen LogP) is 3.64. The fourth-order valence-electron chi connectivity index (χ4n) is 1.24. The minimum atomic E-state index is 0.669. The lowest BCUT2D eigenvalue weighted by molar-refractivity contribution is 0.310. The predicted molar refractivity (Wildman–Crippen MR) is 59.8 cm³/mol. The third kappa shape index (κ3) is 2.36. The fourth-order valence-corrected chi connectivity index (χ4v) is 2.02. The lowest BCUT2D eigenvalue weighted by Gasteiger charge is -2.02. The third-order valence-electron chi connectivity index (χ3n) is 1.91. The van der Waals surface area contributed by atoms with Crippen LogP contribution in [0.1, 0.15) is 10.4 Å². The molecule has 1 aromatic carbocycles. The maximum atomic E-state index is 5.62. The van der Waals surface area contributed by atoms with E-state index in [0.717, 1.165) is 5.75 Å². The second kappa shape index (κ2) is 4.29. The summed E-state index contributed by atoms with van der Waals surface area (Å²) >= 11 is 1.74. The number of hydrogen-bond donors (Lipinski definition) is 0. The Morgan fingerprint density at radius 1 is 1.21 bits per heavy atom. The average molecular weight is 204 g/mol. The summed E-state index contributed by atoms with van der Waals surface area (Å²) in [7, 11) is 0. The Kier molecular flexibility index (Phi) is 2.84. The Hall–Kier alpha value is -1.28. The molecule has 2 heteroatoms. The van der Waals surface area contributed by atoms with Crippen molar-refractivity contribution in [1.82, 2.24) is 0 Å². The molecule has 0 spiro atoms. The summed E-state index contributed by atoms with van der Waals surface area (Å²) < 4.78 is 5.62. The van der Waals surface area contributed by atoms with Crippen LogP contribution in [-0.2, 0) is 6.61 Å². The Morgan fingerprint density at radius 3 is 2.64 bits per heavy atom. The van der Waals surface area contributed by atoms with Crippen LogP contribution >= 0.6 is 11.3 Å². The van der Waals surface area contributed by atoms with Gasteiger partial charge in [-0.15, -0.1) is 11.3 Å². The van der Waals surface area contributed by atoms with Gasteiger partial charge in [0.05, 0.1) is 0 Å². The standard InChI is InChI=1S/C12H12OS/c1-10-7-12(14-9-10)8-13-11-5-3-2-4-6-11/h2-7,9H,8H2,1H3. The molecule has 0 fully saturated rings. The van der Waals surface area contributed by atoms with Gasteiger partial charge in [0.15, 0.2) is 0 Å². The van der Waals surface area contributed by atoms with Crippen molar-refractivity contribution in [3.8, 4) is 5.75 Å². The summed E-state index contributed by atoms with van der Waals surface area (Å²) in [5, 5.41) is 2.14. The first-order valence-electron chi connectivity index (χ1n) is 4.56. The first kappa shape index (κ1) is 9.28. The highest BCUT2D eigenvalue weighted by atomic mass is 32.1. The largest absolute Gasteiger partial charge is 0.488 e. The summed E-state index contributed by atoms with van der Waals surface area (Å²) in [6.07, 6.45) is 0. The Balaban J connectivity index is 1.95. The van der Waals surface area contributed by atoms with E-state index >= 15 is 0 Å². The molecule has 1 nitrogen and oxygen atoms in total. The molecular formula is C12H12OS. The van der Waals surface area contributed by atoms with Crippen LogP contribution in [0.4, 0.5) is 0 Å². The van der Waals surface area contributed by atoms with Crippen molar-refractivity contribution < 1.29 is 4.74 Å². The number of hydrogen-bond acceptors (Lipinski definition) is 2. The molecule has 0 aliphatic heterocycles. The van der Waals surface area contributed by atoms with Crippen molar-refractivity contribution in [3.05, 3.63) is 52.2 Å². The van der Waals surface area contributed by atoms with Crippen molar-refractivity contribution in [3.63, 3.8) is 0 Å². The van der Waals surface area contributed by atoms with Gasteiger partial charge in [0, 0.05) is 4.88 Å². The van der Waals surface area contributed by atoms with Crippen molar-refractivity contribution in [2.75, 3.05) is 0 Å². The highest BCUT2D eigenvalue weighted by molar-refractivity contribution is 7.10. The van der Waals surface area contributed by atoms with Crippen LogP contribution in [0.15, 0.2) is 41.8 Å². The lowest BCUT2D eigenvalue weighted by atomic mass is 10.3. The van der Waals surface area contributed by atoms with E-state index in [1.165, 1.54) is 10.4 Å². The van der Waals surface area contributed by atoms with Crippen molar-refractivity contribution in [2.24, 2.45) is 0 Å². The minimum absolute atomic E-state index is 0.669. The monoisotopic (exact) mass is 204 g/mol. The highest BCUT2D eigenvalue weighted by Crippen LogP contribution is 2.17. The maximum Gasteiger partial charge on any atom is 0.122 e. The number of thiophene rings is 1. The summed E-state index contributed by atoms with van der Waals surface area (Å²) in [5.41, 5.74) is 1.31.